The van der Waals surface area contributed by atoms with Crippen LogP contribution in [0.5, 0.6) is 0 Å². The molecule has 0 fully saturated rings. The number of alkyl halides is 14. The van der Waals surface area contributed by atoms with Crippen LogP contribution in [-0.4, -0.2) is 36.0 Å². The maximum atomic E-state index is 14.5. The molecule has 196 valence electrons. The molecule has 0 unspecified atom stereocenters. The van der Waals surface area contributed by atoms with Gasteiger partial charge in [0.1, 0.15) is 0 Å². The van der Waals surface area contributed by atoms with E-state index in [9.17, 15) is 61.5 Å². The summed E-state index contributed by atoms with van der Waals surface area (Å²) in [5, 5.41) is 0. The number of allylic oxidation sites excluding steroid dienone is 2. The summed E-state index contributed by atoms with van der Waals surface area (Å²) < 4.78 is 189. The molecule has 0 aliphatic heterocycles. The van der Waals surface area contributed by atoms with E-state index in [0.717, 1.165) is 47.9 Å². The van der Waals surface area contributed by atoms with Gasteiger partial charge in [0, 0.05) is 0 Å². The Kier molecular flexibility index (Phi) is 7.51. The molecule has 0 radical (unpaired) electrons. The van der Waals surface area contributed by atoms with Crippen LogP contribution in [0.3, 0.4) is 0 Å². The second-order valence-electron chi connectivity index (χ2n) is 7.03. The van der Waals surface area contributed by atoms with Crippen molar-refractivity contribution in [2.75, 3.05) is 0 Å². The van der Waals surface area contributed by atoms with Crippen molar-refractivity contribution >= 4 is 11.1 Å². The molecule has 2 aromatic rings. The topological polar surface area (TPSA) is 0 Å². The zero-order valence-corrected chi connectivity index (χ0v) is 17.1. The van der Waals surface area contributed by atoms with Gasteiger partial charge in [-0.3, -0.25) is 0 Å². The van der Waals surface area contributed by atoms with Gasteiger partial charge in [-0.05, 0) is 11.1 Å². The molecule has 0 heterocycles. The van der Waals surface area contributed by atoms with Gasteiger partial charge in [-0.15, -0.1) is 0 Å². The molecule has 0 bridgehead atoms. The normalized spacial score (nSPS) is 13.6. The van der Waals surface area contributed by atoms with E-state index < -0.39 is 58.3 Å². The standard InChI is InChI=1S/C22H10F14/c23-17(24,19(27,28)21(31,32)33)15(13-7-3-1-4-8-13)11-12-16(14-9-5-2-6-10-14)18(25,26)20(29,30)22(34,35)36/h1-10H. The van der Waals surface area contributed by atoms with Gasteiger partial charge in [0.05, 0.1) is 11.1 Å². The summed E-state index contributed by atoms with van der Waals surface area (Å²) in [6.07, 6.45) is -13.8. The van der Waals surface area contributed by atoms with Crippen LogP contribution in [0.25, 0.3) is 11.1 Å². The largest absolute Gasteiger partial charge is 0.460 e. The predicted octanol–water partition coefficient (Wildman–Crippen LogP) is 8.57. The second-order valence-corrected chi connectivity index (χ2v) is 7.03. The number of halogens is 14. The van der Waals surface area contributed by atoms with E-state index in [1.807, 2.05) is 0 Å². The average molecular weight is 540 g/mol. The molecule has 0 nitrogen and oxygen atoms in total. The Labute approximate surface area is 192 Å². The van der Waals surface area contributed by atoms with E-state index in [1.165, 1.54) is 0 Å². The van der Waals surface area contributed by atoms with Crippen LogP contribution < -0.4 is 0 Å². The van der Waals surface area contributed by atoms with Crippen molar-refractivity contribution in [1.82, 2.24) is 0 Å². The van der Waals surface area contributed by atoms with Crippen LogP contribution in [0.1, 0.15) is 11.1 Å². The van der Waals surface area contributed by atoms with Crippen molar-refractivity contribution in [3.05, 3.63) is 83.3 Å². The molecular formula is C22H10F14. The zero-order chi connectivity index (χ0) is 27.8. The third-order valence-electron chi connectivity index (χ3n) is 4.57. The number of benzene rings is 2. The van der Waals surface area contributed by atoms with Crippen LogP contribution in [-0.2, 0) is 0 Å². The Morgan fingerprint density at radius 3 is 0.889 bits per heavy atom. The maximum Gasteiger partial charge on any atom is 0.460 e. The fourth-order valence-electron chi connectivity index (χ4n) is 2.67. The van der Waals surface area contributed by atoms with E-state index in [-0.39, 0.29) is 0 Å². The van der Waals surface area contributed by atoms with Gasteiger partial charge >= 0.3 is 36.0 Å². The van der Waals surface area contributed by atoms with Gasteiger partial charge in [0.2, 0.25) is 0 Å². The first-order valence-corrected chi connectivity index (χ1v) is 9.22. The van der Waals surface area contributed by atoms with E-state index >= 15 is 0 Å². The van der Waals surface area contributed by atoms with E-state index in [4.69, 9.17) is 0 Å². The fraction of sp³-hybridized carbons (Fsp3) is 0.273. The van der Waals surface area contributed by atoms with Gasteiger partial charge in [0.15, 0.2) is 0 Å². The molecule has 0 atom stereocenters. The van der Waals surface area contributed by atoms with Gasteiger partial charge in [-0.25, -0.2) is 0 Å². The van der Waals surface area contributed by atoms with Crippen molar-refractivity contribution in [2.45, 2.75) is 36.0 Å². The third kappa shape index (κ3) is 5.01. The lowest BCUT2D eigenvalue weighted by Crippen LogP contribution is -2.52. The first kappa shape index (κ1) is 29.0. The lowest BCUT2D eigenvalue weighted by Gasteiger charge is -2.29. The fourth-order valence-corrected chi connectivity index (χ4v) is 2.67. The third-order valence-corrected chi connectivity index (χ3v) is 4.57. The SMILES string of the molecule is FC(F)(F)C(F)(F)C(F)(F)C(=C=C=C(c1ccccc1)C(F)(F)C(F)(F)C(F)(F)F)c1ccccc1. The summed E-state index contributed by atoms with van der Waals surface area (Å²) in [6, 6.07) is 7.69. The quantitative estimate of drug-likeness (QED) is 0.255. The highest BCUT2D eigenvalue weighted by molar-refractivity contribution is 5.75. The van der Waals surface area contributed by atoms with E-state index in [1.54, 1.807) is 0 Å². The molecule has 0 spiro atoms. The zero-order valence-electron chi connectivity index (χ0n) is 17.1. The number of hydrogen-bond acceptors (Lipinski definition) is 0. The molecule has 0 N–H and O–H groups in total. The van der Waals surface area contributed by atoms with Crippen LogP contribution in [0.2, 0.25) is 0 Å². The molecule has 0 amide bonds. The Morgan fingerprint density at radius 2 is 0.667 bits per heavy atom. The highest BCUT2D eigenvalue weighted by Crippen LogP contribution is 2.53. The summed E-state index contributed by atoms with van der Waals surface area (Å²) in [6.45, 7) is 0. The minimum absolute atomic E-state index is 0.523. The Balaban J connectivity index is 3.09. The van der Waals surface area contributed by atoms with Crippen LogP contribution >= 0.6 is 0 Å². The van der Waals surface area contributed by atoms with Crippen molar-refractivity contribution in [1.29, 1.82) is 0 Å². The minimum Gasteiger partial charge on any atom is -0.193 e. The van der Waals surface area contributed by atoms with Crippen LogP contribution in [0.4, 0.5) is 61.5 Å². The van der Waals surface area contributed by atoms with Gasteiger partial charge in [-0.1, -0.05) is 72.1 Å². The molecule has 0 aliphatic rings. The molecule has 14 heteroatoms. The number of rotatable bonds is 6. The van der Waals surface area contributed by atoms with Gasteiger partial charge in [-0.2, -0.15) is 61.5 Å². The Hall–Kier alpha value is -3.24. The molecule has 2 aromatic carbocycles. The highest BCUT2D eigenvalue weighted by Gasteiger charge is 2.75. The second kappa shape index (κ2) is 9.33. The van der Waals surface area contributed by atoms with Crippen LogP contribution in [0, 0.1) is 0 Å². The van der Waals surface area contributed by atoms with E-state index in [0.29, 0.717) is 24.3 Å². The molecule has 0 saturated heterocycles. The smallest absolute Gasteiger partial charge is 0.193 e. The Morgan fingerprint density at radius 1 is 0.417 bits per heavy atom. The van der Waals surface area contributed by atoms with Crippen molar-refractivity contribution in [3.63, 3.8) is 0 Å². The first-order chi connectivity index (χ1) is 16.2. The van der Waals surface area contributed by atoms with Crippen molar-refractivity contribution in [2.24, 2.45) is 0 Å². The summed E-state index contributed by atoms with van der Waals surface area (Å²) in [5.41, 5.74) is -5.44. The van der Waals surface area contributed by atoms with E-state index in [2.05, 4.69) is 0 Å². The van der Waals surface area contributed by atoms with Crippen LogP contribution in [0.15, 0.2) is 72.1 Å². The number of hydrogen-bond donors (Lipinski definition) is 0. The molecule has 0 aliphatic carbocycles. The predicted molar refractivity (Wildman–Crippen MR) is 98.6 cm³/mol. The highest BCUT2D eigenvalue weighted by atomic mass is 19.4. The average Bonchev–Trinajstić information content (AvgIpc) is 2.75. The monoisotopic (exact) mass is 540 g/mol. The Bertz CT molecular complexity index is 1070. The molecule has 0 aromatic heterocycles. The van der Waals surface area contributed by atoms with Crippen molar-refractivity contribution in [3.8, 4) is 0 Å². The summed E-state index contributed by atoms with van der Waals surface area (Å²) in [5.74, 6) is -26.2. The lowest BCUT2D eigenvalue weighted by molar-refractivity contribution is -0.339. The molecule has 0 saturated carbocycles. The lowest BCUT2D eigenvalue weighted by atomic mass is 9.93. The summed E-state index contributed by atoms with van der Waals surface area (Å²) in [7, 11) is 0. The van der Waals surface area contributed by atoms with Gasteiger partial charge in [0.25, 0.3) is 0 Å². The minimum atomic E-state index is -6.89. The maximum absolute atomic E-state index is 14.5. The summed E-state index contributed by atoms with van der Waals surface area (Å²) in [4.78, 5) is 0. The molecule has 36 heavy (non-hydrogen) atoms. The molecular weight excluding hydrogens is 530 g/mol. The summed E-state index contributed by atoms with van der Waals surface area (Å²) >= 11 is 0. The van der Waals surface area contributed by atoms with Crippen molar-refractivity contribution < 1.29 is 61.5 Å². The van der Waals surface area contributed by atoms with Gasteiger partial charge < -0.3 is 0 Å². The molecule has 2 rings (SSSR count). The first-order valence-electron chi connectivity index (χ1n) is 9.22.